The first kappa shape index (κ1) is 22.5. The molecule has 0 saturated carbocycles. The first-order chi connectivity index (χ1) is 14.8. The molecule has 3 aromatic carbocycles. The third-order valence-electron chi connectivity index (χ3n) is 4.42. The largest absolute Gasteiger partial charge is 0.495 e. The van der Waals surface area contributed by atoms with Gasteiger partial charge in [-0.2, -0.15) is 0 Å². The van der Waals surface area contributed by atoms with Crippen molar-refractivity contribution in [3.05, 3.63) is 77.8 Å². The maximum Gasteiger partial charge on any atom is 0.264 e. The molecule has 0 aliphatic heterocycles. The van der Waals surface area contributed by atoms with E-state index in [0.29, 0.717) is 27.9 Å². The van der Waals surface area contributed by atoms with Crippen molar-refractivity contribution in [3.8, 4) is 11.5 Å². The van der Waals surface area contributed by atoms with E-state index in [-0.39, 0.29) is 17.4 Å². The Bertz CT molecular complexity index is 1150. The third-order valence-corrected chi connectivity index (χ3v) is 6.48. The standard InChI is InChI=1S/C22H21ClN2O5S/c1-25(31(27,28)19-13-7-16(23)8-14-19)17-9-11-18(12-10-17)30-15-22(26)24-20-5-3-4-6-21(20)29-2/h3-14H,15H2,1-2H3,(H,24,26). The molecular formula is C22H21ClN2O5S. The Kier molecular flexibility index (Phi) is 7.04. The molecule has 162 valence electrons. The smallest absolute Gasteiger partial charge is 0.264 e. The molecule has 0 saturated heterocycles. The first-order valence-electron chi connectivity index (χ1n) is 9.21. The van der Waals surface area contributed by atoms with Crippen molar-refractivity contribution in [2.75, 3.05) is 30.4 Å². The zero-order valence-corrected chi connectivity index (χ0v) is 18.5. The number of hydrogen-bond donors (Lipinski definition) is 1. The molecular weight excluding hydrogens is 440 g/mol. The summed E-state index contributed by atoms with van der Waals surface area (Å²) in [5, 5.41) is 3.17. The second kappa shape index (κ2) is 9.72. The number of hydrogen-bond acceptors (Lipinski definition) is 5. The molecule has 0 radical (unpaired) electrons. The number of benzene rings is 3. The summed E-state index contributed by atoms with van der Waals surface area (Å²) in [6, 6.07) is 19.4. The van der Waals surface area contributed by atoms with Crippen LogP contribution < -0.4 is 19.1 Å². The summed E-state index contributed by atoms with van der Waals surface area (Å²) >= 11 is 5.83. The van der Waals surface area contributed by atoms with Gasteiger partial charge in [-0.1, -0.05) is 23.7 Å². The molecule has 1 amide bonds. The topological polar surface area (TPSA) is 84.9 Å². The molecule has 0 aliphatic carbocycles. The maximum atomic E-state index is 12.8. The Morgan fingerprint density at radius 3 is 2.29 bits per heavy atom. The van der Waals surface area contributed by atoms with E-state index in [9.17, 15) is 13.2 Å². The lowest BCUT2D eigenvalue weighted by molar-refractivity contribution is -0.118. The molecule has 7 nitrogen and oxygen atoms in total. The number of halogens is 1. The molecule has 0 aromatic heterocycles. The highest BCUT2D eigenvalue weighted by atomic mass is 35.5. The summed E-state index contributed by atoms with van der Waals surface area (Å²) in [7, 11) is -0.751. The zero-order valence-electron chi connectivity index (χ0n) is 16.9. The minimum atomic E-state index is -3.73. The molecule has 1 N–H and O–H groups in total. The van der Waals surface area contributed by atoms with Crippen LogP contribution in [0.15, 0.2) is 77.7 Å². The number of ether oxygens (including phenoxy) is 2. The van der Waals surface area contributed by atoms with E-state index in [0.717, 1.165) is 4.31 Å². The Balaban J connectivity index is 1.62. The van der Waals surface area contributed by atoms with Gasteiger partial charge in [-0.3, -0.25) is 9.10 Å². The van der Waals surface area contributed by atoms with Crippen molar-refractivity contribution in [1.82, 2.24) is 0 Å². The van der Waals surface area contributed by atoms with Gasteiger partial charge in [0.05, 0.1) is 23.4 Å². The highest BCUT2D eigenvalue weighted by Crippen LogP contribution is 2.26. The summed E-state index contributed by atoms with van der Waals surface area (Å²) in [6.07, 6.45) is 0. The lowest BCUT2D eigenvalue weighted by Gasteiger charge is -2.20. The molecule has 0 unspecified atom stereocenters. The van der Waals surface area contributed by atoms with Crippen molar-refractivity contribution >= 4 is 38.9 Å². The first-order valence-corrected chi connectivity index (χ1v) is 11.0. The molecule has 0 heterocycles. The van der Waals surface area contributed by atoms with Crippen molar-refractivity contribution in [3.63, 3.8) is 0 Å². The molecule has 3 aromatic rings. The van der Waals surface area contributed by atoms with Crippen molar-refractivity contribution in [2.45, 2.75) is 4.90 Å². The van der Waals surface area contributed by atoms with Crippen LogP contribution in [-0.4, -0.2) is 35.1 Å². The molecule has 0 spiro atoms. The van der Waals surface area contributed by atoms with Gasteiger partial charge in [0.25, 0.3) is 15.9 Å². The third kappa shape index (κ3) is 5.48. The van der Waals surface area contributed by atoms with Crippen LogP contribution in [0.1, 0.15) is 0 Å². The van der Waals surface area contributed by atoms with Crippen LogP contribution in [0, 0.1) is 0 Å². The zero-order chi connectivity index (χ0) is 22.4. The van der Waals surface area contributed by atoms with Crippen LogP contribution in [0.2, 0.25) is 5.02 Å². The lowest BCUT2D eigenvalue weighted by atomic mass is 10.3. The van der Waals surface area contributed by atoms with E-state index in [1.165, 1.54) is 38.4 Å². The summed E-state index contributed by atoms with van der Waals surface area (Å²) < 4.78 is 37.4. The number of para-hydroxylation sites is 2. The van der Waals surface area contributed by atoms with E-state index >= 15 is 0 Å². The van der Waals surface area contributed by atoms with Crippen LogP contribution in [0.25, 0.3) is 0 Å². The molecule has 0 bridgehead atoms. The fourth-order valence-electron chi connectivity index (χ4n) is 2.74. The van der Waals surface area contributed by atoms with E-state index in [4.69, 9.17) is 21.1 Å². The minimum Gasteiger partial charge on any atom is -0.495 e. The summed E-state index contributed by atoms with van der Waals surface area (Å²) in [6.45, 7) is -0.212. The number of sulfonamides is 1. The average molecular weight is 461 g/mol. The maximum absolute atomic E-state index is 12.8. The highest BCUT2D eigenvalue weighted by molar-refractivity contribution is 7.92. The average Bonchev–Trinajstić information content (AvgIpc) is 2.78. The Hall–Kier alpha value is -3.23. The summed E-state index contributed by atoms with van der Waals surface area (Å²) in [5.74, 6) is 0.623. The van der Waals surface area contributed by atoms with Gasteiger partial charge < -0.3 is 14.8 Å². The highest BCUT2D eigenvalue weighted by Gasteiger charge is 2.21. The number of carbonyl (C=O) groups is 1. The van der Waals surface area contributed by atoms with Gasteiger partial charge in [0.2, 0.25) is 0 Å². The second-order valence-electron chi connectivity index (χ2n) is 6.46. The molecule has 3 rings (SSSR count). The fourth-order valence-corrected chi connectivity index (χ4v) is 4.06. The number of nitrogens with one attached hydrogen (secondary N) is 1. The SMILES string of the molecule is COc1ccccc1NC(=O)COc1ccc(N(C)S(=O)(=O)c2ccc(Cl)cc2)cc1. The normalized spacial score (nSPS) is 10.9. The monoisotopic (exact) mass is 460 g/mol. The van der Waals surface area contributed by atoms with E-state index in [1.807, 2.05) is 0 Å². The predicted octanol–water partition coefficient (Wildman–Crippen LogP) is 4.19. The summed E-state index contributed by atoms with van der Waals surface area (Å²) in [4.78, 5) is 12.3. The fraction of sp³-hybridized carbons (Fsp3) is 0.136. The van der Waals surface area contributed by atoms with Gasteiger partial charge in [-0.15, -0.1) is 0 Å². The van der Waals surface area contributed by atoms with Crippen LogP contribution >= 0.6 is 11.6 Å². The Morgan fingerprint density at radius 2 is 1.65 bits per heavy atom. The van der Waals surface area contributed by atoms with Gasteiger partial charge >= 0.3 is 0 Å². The predicted molar refractivity (Wildman–Crippen MR) is 121 cm³/mol. The second-order valence-corrected chi connectivity index (χ2v) is 8.86. The number of amides is 1. The number of nitrogens with zero attached hydrogens (tertiary/aromatic N) is 1. The molecule has 0 fully saturated rings. The van der Waals surface area contributed by atoms with Crippen LogP contribution in [0.3, 0.4) is 0 Å². The minimum absolute atomic E-state index is 0.132. The van der Waals surface area contributed by atoms with Crippen LogP contribution in [0.4, 0.5) is 11.4 Å². The Labute approximate surface area is 186 Å². The molecule has 9 heteroatoms. The van der Waals surface area contributed by atoms with Gasteiger partial charge in [0, 0.05) is 12.1 Å². The number of methoxy groups -OCH3 is 1. The van der Waals surface area contributed by atoms with Gasteiger partial charge in [0.1, 0.15) is 11.5 Å². The van der Waals surface area contributed by atoms with Gasteiger partial charge in [-0.25, -0.2) is 8.42 Å². The van der Waals surface area contributed by atoms with E-state index in [2.05, 4.69) is 5.32 Å². The number of anilines is 2. The lowest BCUT2D eigenvalue weighted by Crippen LogP contribution is -2.26. The number of carbonyl (C=O) groups excluding carboxylic acids is 1. The number of rotatable bonds is 8. The Morgan fingerprint density at radius 1 is 1.00 bits per heavy atom. The van der Waals surface area contributed by atoms with Crippen LogP contribution in [0.5, 0.6) is 11.5 Å². The van der Waals surface area contributed by atoms with Crippen molar-refractivity contribution < 1.29 is 22.7 Å². The summed E-state index contributed by atoms with van der Waals surface area (Å²) in [5.41, 5.74) is 0.990. The molecule has 31 heavy (non-hydrogen) atoms. The molecule has 0 atom stereocenters. The quantitative estimate of drug-likeness (QED) is 0.544. The van der Waals surface area contributed by atoms with Crippen molar-refractivity contribution in [2.24, 2.45) is 0 Å². The van der Waals surface area contributed by atoms with Gasteiger partial charge in [0.15, 0.2) is 6.61 Å². The van der Waals surface area contributed by atoms with Crippen molar-refractivity contribution in [1.29, 1.82) is 0 Å². The molecule has 0 aliphatic rings. The van der Waals surface area contributed by atoms with E-state index < -0.39 is 10.0 Å². The van der Waals surface area contributed by atoms with Crippen LogP contribution in [-0.2, 0) is 14.8 Å². The van der Waals surface area contributed by atoms with E-state index in [1.54, 1.807) is 48.5 Å². The van der Waals surface area contributed by atoms with Gasteiger partial charge in [-0.05, 0) is 60.7 Å².